The molecule has 0 saturated carbocycles. The van der Waals surface area contributed by atoms with Gasteiger partial charge in [0.2, 0.25) is 0 Å². The molecule has 0 N–H and O–H groups in total. The molecule has 0 aliphatic carbocycles. The van der Waals surface area contributed by atoms with Crippen molar-refractivity contribution in [2.75, 3.05) is 13.2 Å². The number of allylic oxidation sites excluding steroid dienone is 6. The third-order valence-electron chi connectivity index (χ3n) is 15.9. The van der Waals surface area contributed by atoms with E-state index in [-0.39, 0.29) is 31.1 Å². The summed E-state index contributed by atoms with van der Waals surface area (Å²) in [6.45, 7) is 6.68. The van der Waals surface area contributed by atoms with E-state index in [9.17, 15) is 14.4 Å². The van der Waals surface area contributed by atoms with E-state index in [1.807, 2.05) is 0 Å². The SMILES string of the molecule is CCCCC/C=C\C/C=C\CCCCCCCCCC(=O)OC(COC(=O)CCCCCCCCCCCCCCCC)COC(=O)CCCCCCCCCCCCCCCCCCC/C=C\CCCCCCCCCC. The van der Waals surface area contributed by atoms with Gasteiger partial charge in [0.25, 0.3) is 0 Å². The topological polar surface area (TPSA) is 78.9 Å². The fraction of sp³-hybridized carbons (Fsp3) is 0.875. The predicted molar refractivity (Wildman–Crippen MR) is 339 cm³/mol. The minimum atomic E-state index is -0.774. The number of hydrogen-bond donors (Lipinski definition) is 0. The van der Waals surface area contributed by atoms with Gasteiger partial charge in [-0.1, -0.05) is 327 Å². The first-order chi connectivity index (χ1) is 38.5. The molecule has 0 aliphatic rings. The summed E-state index contributed by atoms with van der Waals surface area (Å²) in [5.74, 6) is -0.850. The van der Waals surface area contributed by atoms with Crippen molar-refractivity contribution in [3.63, 3.8) is 0 Å². The second-order valence-electron chi connectivity index (χ2n) is 23.8. The van der Waals surface area contributed by atoms with E-state index >= 15 is 0 Å². The van der Waals surface area contributed by atoms with E-state index in [0.29, 0.717) is 19.3 Å². The normalized spacial score (nSPS) is 12.2. The third-order valence-corrected chi connectivity index (χ3v) is 15.9. The molecule has 0 amide bonds. The first-order valence-electron chi connectivity index (χ1n) is 35.0. The third kappa shape index (κ3) is 64.5. The molecule has 0 aromatic heterocycles. The van der Waals surface area contributed by atoms with Crippen molar-refractivity contribution in [2.45, 2.75) is 393 Å². The zero-order valence-corrected chi connectivity index (χ0v) is 52.7. The van der Waals surface area contributed by atoms with Crippen LogP contribution in [0.5, 0.6) is 0 Å². The second kappa shape index (κ2) is 67.1. The number of carbonyl (C=O) groups is 3. The Morgan fingerprint density at radius 1 is 0.256 bits per heavy atom. The van der Waals surface area contributed by atoms with Crippen molar-refractivity contribution in [1.82, 2.24) is 0 Å². The van der Waals surface area contributed by atoms with Crippen LogP contribution in [0.4, 0.5) is 0 Å². The molecule has 6 nitrogen and oxygen atoms in total. The van der Waals surface area contributed by atoms with Gasteiger partial charge in [0.15, 0.2) is 6.10 Å². The number of carbonyl (C=O) groups excluding carboxylic acids is 3. The average molecular weight is 1100 g/mol. The van der Waals surface area contributed by atoms with Crippen molar-refractivity contribution < 1.29 is 28.6 Å². The van der Waals surface area contributed by atoms with E-state index in [0.717, 1.165) is 70.6 Å². The van der Waals surface area contributed by atoms with Gasteiger partial charge in [0.05, 0.1) is 0 Å². The first-order valence-corrected chi connectivity index (χ1v) is 35.0. The molecule has 0 aliphatic heterocycles. The summed E-state index contributed by atoms with van der Waals surface area (Å²) >= 11 is 0. The molecule has 0 rings (SSSR count). The van der Waals surface area contributed by atoms with Crippen LogP contribution in [-0.2, 0) is 28.6 Å². The van der Waals surface area contributed by atoms with Gasteiger partial charge in [-0.25, -0.2) is 0 Å². The van der Waals surface area contributed by atoms with Gasteiger partial charge >= 0.3 is 17.9 Å². The van der Waals surface area contributed by atoms with Crippen molar-refractivity contribution >= 4 is 17.9 Å². The van der Waals surface area contributed by atoms with Crippen LogP contribution in [0.2, 0.25) is 0 Å². The van der Waals surface area contributed by atoms with Crippen LogP contribution in [0.15, 0.2) is 36.5 Å². The lowest BCUT2D eigenvalue weighted by molar-refractivity contribution is -0.167. The zero-order valence-electron chi connectivity index (χ0n) is 52.7. The van der Waals surface area contributed by atoms with E-state index < -0.39 is 6.10 Å². The summed E-state index contributed by atoms with van der Waals surface area (Å²) in [5.41, 5.74) is 0. The maximum Gasteiger partial charge on any atom is 0.306 e. The molecule has 0 aromatic rings. The highest BCUT2D eigenvalue weighted by atomic mass is 16.6. The van der Waals surface area contributed by atoms with E-state index in [2.05, 4.69) is 57.2 Å². The fourth-order valence-electron chi connectivity index (χ4n) is 10.6. The maximum atomic E-state index is 12.9. The molecule has 0 heterocycles. The van der Waals surface area contributed by atoms with Gasteiger partial charge in [0, 0.05) is 19.3 Å². The Hall–Kier alpha value is -2.37. The molecule has 6 heteroatoms. The van der Waals surface area contributed by atoms with E-state index in [4.69, 9.17) is 14.2 Å². The van der Waals surface area contributed by atoms with E-state index in [1.54, 1.807) is 0 Å². The molecule has 0 fully saturated rings. The average Bonchev–Trinajstić information content (AvgIpc) is 3.44. The Labute approximate surface area is 486 Å². The summed E-state index contributed by atoms with van der Waals surface area (Å²) in [5, 5.41) is 0. The lowest BCUT2D eigenvalue weighted by Crippen LogP contribution is -2.30. The molecular weight excluding hydrogens is 961 g/mol. The minimum absolute atomic E-state index is 0.0700. The van der Waals surface area contributed by atoms with Crippen LogP contribution >= 0.6 is 0 Å². The Balaban J connectivity index is 4.19. The monoisotopic (exact) mass is 1100 g/mol. The van der Waals surface area contributed by atoms with E-state index in [1.165, 1.54) is 276 Å². The fourth-order valence-corrected chi connectivity index (χ4v) is 10.6. The van der Waals surface area contributed by atoms with Crippen molar-refractivity contribution in [3.8, 4) is 0 Å². The molecule has 0 saturated heterocycles. The summed E-state index contributed by atoms with van der Waals surface area (Å²) < 4.78 is 17.0. The van der Waals surface area contributed by atoms with Gasteiger partial charge in [-0.3, -0.25) is 14.4 Å². The van der Waals surface area contributed by atoms with Crippen LogP contribution in [0.3, 0.4) is 0 Å². The standard InChI is InChI=1S/C72H134O6/c1-4-7-10-13-16-19-22-25-28-30-31-32-33-34-35-36-37-38-39-40-41-43-44-47-50-53-56-59-62-65-71(74)77-68-69(67-76-70(73)64-61-58-55-52-49-46-27-24-21-18-15-12-9-6-3)78-72(75)66-63-60-57-54-51-48-45-42-29-26-23-20-17-14-11-8-5-2/h17,20,26,29-31,69H,4-16,18-19,21-25,27-28,32-68H2,1-3H3/b20-17-,29-26-,31-30-. The van der Waals surface area contributed by atoms with Crippen LogP contribution < -0.4 is 0 Å². The van der Waals surface area contributed by atoms with Crippen LogP contribution in [0.25, 0.3) is 0 Å². The van der Waals surface area contributed by atoms with Gasteiger partial charge in [-0.05, 0) is 77.0 Å². The summed E-state index contributed by atoms with van der Waals surface area (Å²) in [6.07, 6.45) is 83.2. The minimum Gasteiger partial charge on any atom is -0.462 e. The smallest absolute Gasteiger partial charge is 0.306 e. The summed E-state index contributed by atoms with van der Waals surface area (Å²) in [6, 6.07) is 0. The highest BCUT2D eigenvalue weighted by Crippen LogP contribution is 2.18. The second-order valence-corrected chi connectivity index (χ2v) is 23.8. The van der Waals surface area contributed by atoms with Crippen LogP contribution in [0, 0.1) is 0 Å². The Kier molecular flexibility index (Phi) is 65.1. The molecule has 1 unspecified atom stereocenters. The largest absolute Gasteiger partial charge is 0.462 e. The number of ether oxygens (including phenoxy) is 3. The van der Waals surface area contributed by atoms with Crippen molar-refractivity contribution in [3.05, 3.63) is 36.5 Å². The van der Waals surface area contributed by atoms with Crippen molar-refractivity contribution in [1.29, 1.82) is 0 Å². The van der Waals surface area contributed by atoms with Gasteiger partial charge in [-0.2, -0.15) is 0 Å². The summed E-state index contributed by atoms with van der Waals surface area (Å²) in [4.78, 5) is 38.4. The number of unbranched alkanes of at least 4 members (excludes halogenated alkanes) is 48. The lowest BCUT2D eigenvalue weighted by atomic mass is 10.0. The highest BCUT2D eigenvalue weighted by Gasteiger charge is 2.19. The molecule has 0 bridgehead atoms. The number of rotatable bonds is 65. The molecule has 0 radical (unpaired) electrons. The van der Waals surface area contributed by atoms with Crippen LogP contribution in [0.1, 0.15) is 387 Å². The molecule has 0 aromatic carbocycles. The number of esters is 3. The Morgan fingerprint density at radius 3 is 0.744 bits per heavy atom. The number of hydrogen-bond acceptors (Lipinski definition) is 6. The highest BCUT2D eigenvalue weighted by molar-refractivity contribution is 5.71. The molecule has 78 heavy (non-hydrogen) atoms. The maximum absolute atomic E-state index is 12.9. The lowest BCUT2D eigenvalue weighted by Gasteiger charge is -2.18. The predicted octanol–water partition coefficient (Wildman–Crippen LogP) is 23.9. The molecular formula is C72H134O6. The van der Waals surface area contributed by atoms with Gasteiger partial charge < -0.3 is 14.2 Å². The Bertz CT molecular complexity index is 1300. The Morgan fingerprint density at radius 2 is 0.462 bits per heavy atom. The van der Waals surface area contributed by atoms with Crippen molar-refractivity contribution in [2.24, 2.45) is 0 Å². The first kappa shape index (κ1) is 75.6. The quantitative estimate of drug-likeness (QED) is 0.0261. The van der Waals surface area contributed by atoms with Crippen LogP contribution in [-0.4, -0.2) is 37.2 Å². The molecule has 458 valence electrons. The zero-order chi connectivity index (χ0) is 56.4. The van der Waals surface area contributed by atoms with Gasteiger partial charge in [0.1, 0.15) is 13.2 Å². The molecule has 1 atom stereocenters. The van der Waals surface area contributed by atoms with Gasteiger partial charge in [-0.15, -0.1) is 0 Å². The summed E-state index contributed by atoms with van der Waals surface area (Å²) in [7, 11) is 0. The molecule has 0 spiro atoms.